The molecule has 3 heteroatoms. The quantitative estimate of drug-likeness (QED) is 0.919. The van der Waals surface area contributed by atoms with Gasteiger partial charge in [0.15, 0.2) is 0 Å². The lowest BCUT2D eigenvalue weighted by atomic mass is 10.1. The van der Waals surface area contributed by atoms with Gasteiger partial charge in [0.05, 0.1) is 5.69 Å². The minimum absolute atomic E-state index is 0.881. The second kappa shape index (κ2) is 5.12. The molecule has 16 heavy (non-hydrogen) atoms. The van der Waals surface area contributed by atoms with Crippen molar-refractivity contribution in [2.45, 2.75) is 6.92 Å². The van der Waals surface area contributed by atoms with E-state index in [1.54, 1.807) is 0 Å². The fourth-order valence-corrected chi connectivity index (χ4v) is 2.02. The molecule has 2 aromatic rings. The number of nitrogens with zero attached hydrogens (tertiary/aromatic N) is 1. The summed E-state index contributed by atoms with van der Waals surface area (Å²) in [5, 5.41) is 3.21. The normalized spacial score (nSPS) is 10.1. The van der Waals surface area contributed by atoms with Gasteiger partial charge in [-0.1, -0.05) is 40.2 Å². The fourth-order valence-electron chi connectivity index (χ4n) is 1.53. The topological polar surface area (TPSA) is 24.9 Å². The second-order valence-corrected chi connectivity index (χ2v) is 4.27. The molecule has 0 spiro atoms. The smallest absolute Gasteiger partial charge is 0.126 e. The van der Waals surface area contributed by atoms with Crippen molar-refractivity contribution in [2.75, 3.05) is 11.9 Å². The highest BCUT2D eigenvalue weighted by Crippen LogP contribution is 2.26. The largest absolute Gasteiger partial charge is 0.370 e. The number of rotatable bonds is 3. The Bertz CT molecular complexity index is 483. The summed E-state index contributed by atoms with van der Waals surface area (Å²) >= 11 is 3.54. The van der Waals surface area contributed by atoms with Gasteiger partial charge in [-0.2, -0.15) is 0 Å². The van der Waals surface area contributed by atoms with Gasteiger partial charge in [0.1, 0.15) is 5.82 Å². The van der Waals surface area contributed by atoms with Gasteiger partial charge in [-0.3, -0.25) is 0 Å². The van der Waals surface area contributed by atoms with Gasteiger partial charge in [0.25, 0.3) is 0 Å². The minimum atomic E-state index is 0.881. The van der Waals surface area contributed by atoms with Gasteiger partial charge in [0.2, 0.25) is 0 Å². The Morgan fingerprint density at radius 1 is 1.12 bits per heavy atom. The van der Waals surface area contributed by atoms with E-state index in [1.165, 1.54) is 0 Å². The van der Waals surface area contributed by atoms with Crippen molar-refractivity contribution in [2.24, 2.45) is 0 Å². The third kappa shape index (κ3) is 2.42. The van der Waals surface area contributed by atoms with Crippen LogP contribution in [0.3, 0.4) is 0 Å². The van der Waals surface area contributed by atoms with Gasteiger partial charge in [-0.25, -0.2) is 4.98 Å². The molecule has 0 radical (unpaired) electrons. The molecular formula is C13H13BrN2. The Hall–Kier alpha value is -1.35. The Kier molecular flexibility index (Phi) is 3.57. The molecule has 0 aliphatic rings. The predicted molar refractivity (Wildman–Crippen MR) is 71.5 cm³/mol. The van der Waals surface area contributed by atoms with Crippen molar-refractivity contribution < 1.29 is 0 Å². The molecular weight excluding hydrogens is 264 g/mol. The predicted octanol–water partition coefficient (Wildman–Crippen LogP) is 3.94. The van der Waals surface area contributed by atoms with E-state index >= 15 is 0 Å². The molecule has 1 aromatic carbocycles. The van der Waals surface area contributed by atoms with Crippen LogP contribution in [0.4, 0.5) is 5.82 Å². The van der Waals surface area contributed by atoms with Crippen LogP contribution in [0.2, 0.25) is 0 Å². The Morgan fingerprint density at radius 3 is 2.69 bits per heavy atom. The van der Waals surface area contributed by atoms with Crippen LogP contribution in [-0.4, -0.2) is 11.5 Å². The van der Waals surface area contributed by atoms with Crippen molar-refractivity contribution in [3.8, 4) is 11.3 Å². The maximum Gasteiger partial charge on any atom is 0.126 e. The van der Waals surface area contributed by atoms with Gasteiger partial charge < -0.3 is 5.32 Å². The Labute approximate surface area is 104 Å². The van der Waals surface area contributed by atoms with Gasteiger partial charge in [-0.15, -0.1) is 0 Å². The summed E-state index contributed by atoms with van der Waals surface area (Å²) < 4.78 is 1.07. The summed E-state index contributed by atoms with van der Waals surface area (Å²) in [5.74, 6) is 0.913. The zero-order chi connectivity index (χ0) is 11.4. The molecule has 0 fully saturated rings. The van der Waals surface area contributed by atoms with Crippen LogP contribution < -0.4 is 5.32 Å². The van der Waals surface area contributed by atoms with E-state index in [9.17, 15) is 0 Å². The maximum atomic E-state index is 4.55. The highest BCUT2D eigenvalue weighted by molar-refractivity contribution is 9.10. The Balaban J connectivity index is 2.40. The highest BCUT2D eigenvalue weighted by Gasteiger charge is 2.03. The summed E-state index contributed by atoms with van der Waals surface area (Å²) in [6, 6.07) is 14.1. The molecule has 0 saturated carbocycles. The zero-order valence-corrected chi connectivity index (χ0v) is 10.7. The van der Waals surface area contributed by atoms with Gasteiger partial charge in [-0.05, 0) is 25.1 Å². The summed E-state index contributed by atoms with van der Waals surface area (Å²) in [7, 11) is 0. The average molecular weight is 277 g/mol. The molecule has 0 saturated heterocycles. The monoisotopic (exact) mass is 276 g/mol. The summed E-state index contributed by atoms with van der Waals surface area (Å²) in [4.78, 5) is 4.55. The third-order valence-corrected chi connectivity index (χ3v) is 2.95. The zero-order valence-electron chi connectivity index (χ0n) is 9.07. The second-order valence-electron chi connectivity index (χ2n) is 3.42. The summed E-state index contributed by atoms with van der Waals surface area (Å²) in [6.07, 6.45) is 0. The fraction of sp³-hybridized carbons (Fsp3) is 0.154. The molecule has 1 N–H and O–H groups in total. The van der Waals surface area contributed by atoms with Crippen LogP contribution in [0.5, 0.6) is 0 Å². The van der Waals surface area contributed by atoms with Crippen LogP contribution in [-0.2, 0) is 0 Å². The molecule has 0 aliphatic carbocycles. The van der Waals surface area contributed by atoms with Crippen molar-refractivity contribution in [3.05, 3.63) is 46.9 Å². The molecule has 2 nitrogen and oxygen atoms in total. The van der Waals surface area contributed by atoms with E-state index in [0.29, 0.717) is 0 Å². The van der Waals surface area contributed by atoms with Crippen LogP contribution >= 0.6 is 15.9 Å². The molecule has 0 bridgehead atoms. The number of hydrogen-bond acceptors (Lipinski definition) is 2. The van der Waals surface area contributed by atoms with E-state index in [-0.39, 0.29) is 0 Å². The lowest BCUT2D eigenvalue weighted by molar-refractivity contribution is 1.16. The van der Waals surface area contributed by atoms with Crippen LogP contribution in [0.15, 0.2) is 46.9 Å². The number of hydrogen-bond donors (Lipinski definition) is 1. The number of nitrogens with one attached hydrogen (secondary N) is 1. The van der Waals surface area contributed by atoms with Crippen LogP contribution in [0.25, 0.3) is 11.3 Å². The first-order chi connectivity index (χ1) is 7.81. The number of pyridine rings is 1. The number of benzene rings is 1. The van der Waals surface area contributed by atoms with E-state index in [1.807, 2.05) is 36.4 Å². The summed E-state index contributed by atoms with van der Waals surface area (Å²) in [6.45, 7) is 2.94. The molecule has 2 rings (SSSR count). The molecule has 0 atom stereocenters. The van der Waals surface area contributed by atoms with Crippen molar-refractivity contribution >= 4 is 21.7 Å². The lowest BCUT2D eigenvalue weighted by Gasteiger charge is -2.06. The van der Waals surface area contributed by atoms with Gasteiger partial charge in [0, 0.05) is 16.6 Å². The molecule has 1 aromatic heterocycles. The summed E-state index contributed by atoms with van der Waals surface area (Å²) in [5.41, 5.74) is 2.09. The molecule has 0 unspecified atom stereocenters. The molecule has 82 valence electrons. The lowest BCUT2D eigenvalue weighted by Crippen LogP contribution is -1.99. The van der Waals surface area contributed by atoms with Crippen molar-refractivity contribution in [1.29, 1.82) is 0 Å². The maximum absolute atomic E-state index is 4.55. The average Bonchev–Trinajstić information content (AvgIpc) is 2.30. The van der Waals surface area contributed by atoms with Crippen LogP contribution in [0, 0.1) is 0 Å². The number of anilines is 1. The van der Waals surface area contributed by atoms with Crippen molar-refractivity contribution in [3.63, 3.8) is 0 Å². The SMILES string of the molecule is CCNc1cccc(-c2ccccc2Br)n1. The number of aromatic nitrogens is 1. The first-order valence-electron chi connectivity index (χ1n) is 5.27. The van der Waals surface area contributed by atoms with E-state index in [0.717, 1.165) is 28.1 Å². The van der Waals surface area contributed by atoms with E-state index in [4.69, 9.17) is 0 Å². The first kappa shape index (κ1) is 11.1. The number of halogens is 1. The molecule has 0 amide bonds. The van der Waals surface area contributed by atoms with Crippen molar-refractivity contribution in [1.82, 2.24) is 4.98 Å². The van der Waals surface area contributed by atoms with Gasteiger partial charge >= 0.3 is 0 Å². The first-order valence-corrected chi connectivity index (χ1v) is 6.06. The third-order valence-electron chi connectivity index (χ3n) is 2.26. The molecule has 1 heterocycles. The van der Waals surface area contributed by atoms with E-state index in [2.05, 4.69) is 39.2 Å². The van der Waals surface area contributed by atoms with E-state index < -0.39 is 0 Å². The Morgan fingerprint density at radius 2 is 1.94 bits per heavy atom. The highest BCUT2D eigenvalue weighted by atomic mass is 79.9. The molecule has 0 aliphatic heterocycles. The minimum Gasteiger partial charge on any atom is -0.370 e. The van der Waals surface area contributed by atoms with Crippen LogP contribution in [0.1, 0.15) is 6.92 Å². The standard InChI is InChI=1S/C13H13BrN2/c1-2-15-13-9-5-8-12(16-13)10-6-3-4-7-11(10)14/h3-9H,2H2,1H3,(H,15,16).